The van der Waals surface area contributed by atoms with Gasteiger partial charge in [-0.15, -0.1) is 0 Å². The van der Waals surface area contributed by atoms with Crippen LogP contribution in [0.4, 0.5) is 0 Å². The average Bonchev–Trinajstić information content (AvgIpc) is 2.61. The van der Waals surface area contributed by atoms with E-state index in [1.54, 1.807) is 4.90 Å². The van der Waals surface area contributed by atoms with E-state index in [2.05, 4.69) is 0 Å². The van der Waals surface area contributed by atoms with E-state index < -0.39 is 5.97 Å². The third-order valence-corrected chi connectivity index (χ3v) is 3.01. The molecule has 2 saturated heterocycles. The van der Waals surface area contributed by atoms with E-state index >= 15 is 0 Å². The fraction of sp³-hybridized carbons (Fsp3) is 0.800. The van der Waals surface area contributed by atoms with Gasteiger partial charge >= 0.3 is 5.97 Å². The molecule has 15 heavy (non-hydrogen) atoms. The molecule has 0 radical (unpaired) electrons. The number of likely N-dealkylation sites (tertiary alicyclic amines) is 1. The van der Waals surface area contributed by atoms with Crippen molar-refractivity contribution < 1.29 is 19.4 Å². The summed E-state index contributed by atoms with van der Waals surface area (Å²) in [4.78, 5) is 23.9. The smallest absolute Gasteiger partial charge is 0.303 e. The summed E-state index contributed by atoms with van der Waals surface area (Å²) < 4.78 is 5.15. The number of carboxylic acid groups (broad SMARTS) is 1. The van der Waals surface area contributed by atoms with Gasteiger partial charge < -0.3 is 14.7 Å². The number of rotatable bonds is 3. The Hall–Kier alpha value is -1.10. The van der Waals surface area contributed by atoms with Crippen LogP contribution in [0, 0.1) is 11.8 Å². The van der Waals surface area contributed by atoms with Gasteiger partial charge in [-0.1, -0.05) is 0 Å². The highest BCUT2D eigenvalue weighted by atomic mass is 16.5. The Bertz CT molecular complexity index is 267. The minimum Gasteiger partial charge on any atom is -0.481 e. The number of carbonyl (C=O) groups excluding carboxylic acids is 1. The topological polar surface area (TPSA) is 66.8 Å². The van der Waals surface area contributed by atoms with E-state index in [0.717, 1.165) is 6.42 Å². The molecule has 0 spiro atoms. The average molecular weight is 213 g/mol. The zero-order chi connectivity index (χ0) is 10.8. The first-order chi connectivity index (χ1) is 7.16. The molecule has 5 nitrogen and oxygen atoms in total. The van der Waals surface area contributed by atoms with Gasteiger partial charge in [0, 0.05) is 25.6 Å². The fourth-order valence-electron chi connectivity index (χ4n) is 2.11. The number of hydrogen-bond acceptors (Lipinski definition) is 3. The van der Waals surface area contributed by atoms with Gasteiger partial charge in [-0.05, 0) is 6.42 Å². The molecule has 0 bridgehead atoms. The van der Waals surface area contributed by atoms with Gasteiger partial charge in [0.05, 0.1) is 18.9 Å². The Balaban J connectivity index is 1.74. The molecule has 2 rings (SSSR count). The van der Waals surface area contributed by atoms with Crippen LogP contribution in [0.25, 0.3) is 0 Å². The predicted octanol–water partition coefficient (Wildman–Crippen LogP) is -0.0440. The summed E-state index contributed by atoms with van der Waals surface area (Å²) in [5, 5.41) is 8.56. The molecule has 84 valence electrons. The molecular formula is C10H15NO4. The Morgan fingerprint density at radius 1 is 1.40 bits per heavy atom. The van der Waals surface area contributed by atoms with E-state index in [-0.39, 0.29) is 24.2 Å². The summed E-state index contributed by atoms with van der Waals surface area (Å²) in [6.07, 6.45) is 0.976. The number of aliphatic carboxylic acids is 1. The van der Waals surface area contributed by atoms with Crippen molar-refractivity contribution in [1.29, 1.82) is 0 Å². The summed E-state index contributed by atoms with van der Waals surface area (Å²) in [6.45, 7) is 2.39. The molecule has 0 aromatic carbocycles. The summed E-state index contributed by atoms with van der Waals surface area (Å²) in [7, 11) is 0. The highest BCUT2D eigenvalue weighted by Crippen LogP contribution is 2.24. The number of hydrogen-bond donors (Lipinski definition) is 1. The van der Waals surface area contributed by atoms with E-state index in [4.69, 9.17) is 9.84 Å². The Morgan fingerprint density at radius 3 is 2.67 bits per heavy atom. The van der Waals surface area contributed by atoms with Crippen molar-refractivity contribution in [1.82, 2.24) is 4.90 Å². The monoisotopic (exact) mass is 213 g/mol. The van der Waals surface area contributed by atoms with Crippen molar-refractivity contribution >= 4 is 11.9 Å². The van der Waals surface area contributed by atoms with Gasteiger partial charge in [0.2, 0.25) is 5.91 Å². The number of carboxylic acids is 1. The lowest BCUT2D eigenvalue weighted by Gasteiger charge is -2.39. The maximum Gasteiger partial charge on any atom is 0.303 e. The van der Waals surface area contributed by atoms with Crippen LogP contribution in [0.1, 0.15) is 12.8 Å². The lowest BCUT2D eigenvalue weighted by molar-refractivity contribution is -0.147. The molecule has 2 fully saturated rings. The third-order valence-electron chi connectivity index (χ3n) is 3.01. The van der Waals surface area contributed by atoms with Crippen LogP contribution < -0.4 is 0 Å². The molecule has 0 aromatic heterocycles. The van der Waals surface area contributed by atoms with E-state index in [9.17, 15) is 9.59 Å². The summed E-state index contributed by atoms with van der Waals surface area (Å²) >= 11 is 0. The molecule has 2 aliphatic heterocycles. The molecule has 2 heterocycles. The first-order valence-corrected chi connectivity index (χ1v) is 5.25. The summed E-state index contributed by atoms with van der Waals surface area (Å²) in [5.74, 6) is -0.491. The van der Waals surface area contributed by atoms with Crippen LogP contribution in [0.2, 0.25) is 0 Å². The fourth-order valence-corrected chi connectivity index (χ4v) is 2.11. The van der Waals surface area contributed by atoms with Gasteiger partial charge in [0.15, 0.2) is 0 Å². The largest absolute Gasteiger partial charge is 0.481 e. The van der Waals surface area contributed by atoms with E-state index in [0.29, 0.717) is 26.3 Å². The second-order valence-electron chi connectivity index (χ2n) is 4.27. The molecule has 1 N–H and O–H groups in total. The number of carbonyl (C=O) groups is 2. The van der Waals surface area contributed by atoms with Gasteiger partial charge in [-0.2, -0.15) is 0 Å². The van der Waals surface area contributed by atoms with Crippen molar-refractivity contribution in [3.63, 3.8) is 0 Å². The third kappa shape index (κ3) is 2.28. The summed E-state index contributed by atoms with van der Waals surface area (Å²) in [6, 6.07) is 0. The predicted molar refractivity (Wildman–Crippen MR) is 51.2 cm³/mol. The molecule has 5 heteroatoms. The van der Waals surface area contributed by atoms with E-state index in [1.165, 1.54) is 0 Å². The second kappa shape index (κ2) is 4.18. The standard InChI is InChI=1S/C10H15NO4/c12-9(13)3-7-4-11(5-7)10(14)8-1-2-15-6-8/h7-8H,1-6H2,(H,12,13). The first-order valence-electron chi connectivity index (χ1n) is 5.25. The normalized spacial score (nSPS) is 26.4. The second-order valence-corrected chi connectivity index (χ2v) is 4.27. The quantitative estimate of drug-likeness (QED) is 0.714. The van der Waals surface area contributed by atoms with Gasteiger partial charge in [0.1, 0.15) is 0 Å². The molecule has 0 saturated carbocycles. The lowest BCUT2D eigenvalue weighted by atomic mass is 9.94. The van der Waals surface area contributed by atoms with Crippen LogP contribution in [-0.2, 0) is 14.3 Å². The van der Waals surface area contributed by atoms with E-state index in [1.807, 2.05) is 0 Å². The maximum absolute atomic E-state index is 11.8. The molecule has 1 amide bonds. The zero-order valence-corrected chi connectivity index (χ0v) is 8.52. The molecule has 0 aromatic rings. The van der Waals surface area contributed by atoms with Crippen LogP contribution in [0.5, 0.6) is 0 Å². The van der Waals surface area contributed by atoms with Gasteiger partial charge in [-0.25, -0.2) is 0 Å². The van der Waals surface area contributed by atoms with Crippen LogP contribution in [0.3, 0.4) is 0 Å². The molecular weight excluding hydrogens is 198 g/mol. The van der Waals surface area contributed by atoms with Crippen molar-refractivity contribution in [3.05, 3.63) is 0 Å². The van der Waals surface area contributed by atoms with Crippen molar-refractivity contribution in [2.45, 2.75) is 12.8 Å². The molecule has 2 aliphatic rings. The molecule has 1 atom stereocenters. The highest BCUT2D eigenvalue weighted by Gasteiger charge is 2.36. The van der Waals surface area contributed by atoms with Crippen molar-refractivity contribution in [2.75, 3.05) is 26.3 Å². The Labute approximate surface area is 88.0 Å². The zero-order valence-electron chi connectivity index (χ0n) is 8.52. The Kier molecular flexibility index (Phi) is 2.90. The minimum atomic E-state index is -0.781. The Morgan fingerprint density at radius 2 is 2.13 bits per heavy atom. The SMILES string of the molecule is O=C(O)CC1CN(C(=O)C2CCOC2)C1. The van der Waals surface area contributed by atoms with Crippen LogP contribution in [-0.4, -0.2) is 48.2 Å². The van der Waals surface area contributed by atoms with Gasteiger partial charge in [-0.3, -0.25) is 9.59 Å². The molecule has 1 unspecified atom stereocenters. The van der Waals surface area contributed by atoms with Crippen LogP contribution in [0.15, 0.2) is 0 Å². The number of amides is 1. The maximum atomic E-state index is 11.8. The van der Waals surface area contributed by atoms with Crippen molar-refractivity contribution in [3.8, 4) is 0 Å². The highest BCUT2D eigenvalue weighted by molar-refractivity contribution is 5.80. The lowest BCUT2D eigenvalue weighted by Crippen LogP contribution is -2.52. The molecule has 0 aliphatic carbocycles. The van der Waals surface area contributed by atoms with Gasteiger partial charge in [0.25, 0.3) is 0 Å². The first kappa shape index (κ1) is 10.4. The van der Waals surface area contributed by atoms with Crippen LogP contribution >= 0.6 is 0 Å². The van der Waals surface area contributed by atoms with Crippen molar-refractivity contribution in [2.24, 2.45) is 11.8 Å². The number of nitrogens with zero attached hydrogens (tertiary/aromatic N) is 1. The minimum absolute atomic E-state index is 0.00998. The summed E-state index contributed by atoms with van der Waals surface area (Å²) in [5.41, 5.74) is 0. The number of ether oxygens (including phenoxy) is 1.